The number of imidazole rings is 1. The van der Waals surface area contributed by atoms with Gasteiger partial charge in [-0.3, -0.25) is 0 Å². The molecule has 0 aliphatic carbocycles. The molecule has 0 bridgehead atoms. The average molecular weight is 225 g/mol. The lowest BCUT2D eigenvalue weighted by molar-refractivity contribution is 0.683. The molecule has 0 aliphatic rings. The lowest BCUT2D eigenvalue weighted by atomic mass is 9.85. The van der Waals surface area contributed by atoms with Crippen LogP contribution in [0.25, 0.3) is 0 Å². The van der Waals surface area contributed by atoms with E-state index in [1.54, 1.807) is 12.5 Å². The fourth-order valence-corrected chi connectivity index (χ4v) is 1.71. The van der Waals surface area contributed by atoms with Gasteiger partial charge in [0.2, 0.25) is 0 Å². The van der Waals surface area contributed by atoms with Crippen LogP contribution in [0.5, 0.6) is 0 Å². The van der Waals surface area contributed by atoms with Crippen molar-refractivity contribution >= 4 is 0 Å². The second-order valence-electron chi connectivity index (χ2n) is 4.67. The van der Waals surface area contributed by atoms with E-state index in [-0.39, 0.29) is 0 Å². The number of rotatable bonds is 3. The van der Waals surface area contributed by atoms with E-state index in [9.17, 15) is 0 Å². The minimum atomic E-state index is -0.440. The molecular weight excluding hydrogens is 210 g/mol. The van der Waals surface area contributed by atoms with Crippen molar-refractivity contribution in [1.82, 2.24) is 9.55 Å². The highest BCUT2D eigenvalue weighted by Gasteiger charge is 2.19. The number of nitrogens with zero attached hydrogens (tertiary/aromatic N) is 3. The Labute approximate surface area is 101 Å². The van der Waals surface area contributed by atoms with Gasteiger partial charge in [-0.05, 0) is 25.0 Å². The molecule has 0 amide bonds. The van der Waals surface area contributed by atoms with E-state index in [1.165, 1.54) is 5.56 Å². The van der Waals surface area contributed by atoms with Crippen LogP contribution in [0.15, 0.2) is 43.0 Å². The van der Waals surface area contributed by atoms with Crippen molar-refractivity contribution in [1.29, 1.82) is 5.26 Å². The summed E-state index contributed by atoms with van der Waals surface area (Å²) in [7, 11) is 0. The Kier molecular flexibility index (Phi) is 2.97. The van der Waals surface area contributed by atoms with Crippen molar-refractivity contribution < 1.29 is 0 Å². The molecule has 86 valence electrons. The summed E-state index contributed by atoms with van der Waals surface area (Å²) >= 11 is 0. The summed E-state index contributed by atoms with van der Waals surface area (Å²) < 4.78 is 2.01. The van der Waals surface area contributed by atoms with E-state index in [4.69, 9.17) is 5.26 Å². The number of benzene rings is 1. The van der Waals surface area contributed by atoms with E-state index >= 15 is 0 Å². The van der Waals surface area contributed by atoms with E-state index in [2.05, 4.69) is 23.2 Å². The van der Waals surface area contributed by atoms with Gasteiger partial charge in [0, 0.05) is 18.9 Å². The maximum atomic E-state index is 9.13. The first-order chi connectivity index (χ1) is 8.12. The highest BCUT2D eigenvalue weighted by molar-refractivity contribution is 5.33. The summed E-state index contributed by atoms with van der Waals surface area (Å²) in [5.74, 6) is 0. The first-order valence-electron chi connectivity index (χ1n) is 5.58. The number of hydrogen-bond donors (Lipinski definition) is 0. The second kappa shape index (κ2) is 4.42. The Morgan fingerprint density at radius 3 is 2.88 bits per heavy atom. The molecule has 0 N–H and O–H groups in total. The average Bonchev–Trinajstić information content (AvgIpc) is 2.82. The smallest absolute Gasteiger partial charge is 0.0949 e. The Morgan fingerprint density at radius 1 is 1.41 bits per heavy atom. The van der Waals surface area contributed by atoms with Gasteiger partial charge >= 0.3 is 0 Å². The van der Waals surface area contributed by atoms with Crippen molar-refractivity contribution in [3.05, 3.63) is 54.1 Å². The standard InChI is InChI=1S/C14H15N3/c1-14(2,10-15)13-5-3-4-12(8-13)9-17-7-6-16-11-17/h3-8,11H,9H2,1-2H3. The molecule has 0 unspecified atom stereocenters. The van der Waals surface area contributed by atoms with Crippen molar-refractivity contribution in [3.8, 4) is 6.07 Å². The van der Waals surface area contributed by atoms with E-state index in [1.807, 2.05) is 36.7 Å². The second-order valence-corrected chi connectivity index (χ2v) is 4.67. The van der Waals surface area contributed by atoms with Crippen molar-refractivity contribution in [2.75, 3.05) is 0 Å². The number of nitriles is 1. The molecule has 3 nitrogen and oxygen atoms in total. The maximum Gasteiger partial charge on any atom is 0.0949 e. The normalized spacial score (nSPS) is 11.1. The molecule has 2 rings (SSSR count). The Morgan fingerprint density at radius 2 is 2.24 bits per heavy atom. The van der Waals surface area contributed by atoms with Crippen molar-refractivity contribution in [2.45, 2.75) is 25.8 Å². The summed E-state index contributed by atoms with van der Waals surface area (Å²) in [5, 5.41) is 9.13. The summed E-state index contributed by atoms with van der Waals surface area (Å²) in [6.07, 6.45) is 5.49. The Hall–Kier alpha value is -2.08. The first-order valence-corrected chi connectivity index (χ1v) is 5.58. The molecule has 1 heterocycles. The molecule has 2 aromatic rings. The molecule has 0 spiro atoms. The molecular formula is C14H15N3. The fourth-order valence-electron chi connectivity index (χ4n) is 1.71. The van der Waals surface area contributed by atoms with Crippen LogP contribution in [0.2, 0.25) is 0 Å². The van der Waals surface area contributed by atoms with Crippen LogP contribution in [0, 0.1) is 11.3 Å². The van der Waals surface area contributed by atoms with Gasteiger partial charge in [0.05, 0.1) is 17.8 Å². The third-order valence-corrected chi connectivity index (χ3v) is 2.85. The fraction of sp³-hybridized carbons (Fsp3) is 0.286. The third kappa shape index (κ3) is 2.54. The molecule has 0 radical (unpaired) electrons. The molecule has 0 aliphatic heterocycles. The predicted octanol–water partition coefficient (Wildman–Crippen LogP) is 2.73. The largest absolute Gasteiger partial charge is 0.333 e. The van der Waals surface area contributed by atoms with Crippen LogP contribution in [0.3, 0.4) is 0 Å². The Bertz CT molecular complexity index is 533. The number of aromatic nitrogens is 2. The van der Waals surface area contributed by atoms with Gasteiger partial charge in [0.1, 0.15) is 0 Å². The molecule has 17 heavy (non-hydrogen) atoms. The highest BCUT2D eigenvalue weighted by Crippen LogP contribution is 2.23. The number of hydrogen-bond acceptors (Lipinski definition) is 2. The van der Waals surface area contributed by atoms with Gasteiger partial charge in [-0.1, -0.05) is 24.3 Å². The lowest BCUT2D eigenvalue weighted by Crippen LogP contribution is -2.14. The first kappa shape index (κ1) is 11.4. The lowest BCUT2D eigenvalue weighted by Gasteiger charge is -2.16. The summed E-state index contributed by atoms with van der Waals surface area (Å²) in [6, 6.07) is 10.5. The minimum Gasteiger partial charge on any atom is -0.333 e. The van der Waals surface area contributed by atoms with Gasteiger partial charge < -0.3 is 4.57 Å². The van der Waals surface area contributed by atoms with Crippen LogP contribution in [0.4, 0.5) is 0 Å². The SMILES string of the molecule is CC(C)(C#N)c1cccc(Cn2ccnc2)c1. The van der Waals surface area contributed by atoms with Gasteiger partial charge in [0.25, 0.3) is 0 Å². The topological polar surface area (TPSA) is 41.6 Å². The Balaban J connectivity index is 2.27. The quantitative estimate of drug-likeness (QED) is 0.806. The summed E-state index contributed by atoms with van der Waals surface area (Å²) in [6.45, 7) is 4.65. The predicted molar refractivity (Wildman–Crippen MR) is 66.4 cm³/mol. The van der Waals surface area contributed by atoms with Gasteiger partial charge in [0.15, 0.2) is 0 Å². The van der Waals surface area contributed by atoms with Crippen molar-refractivity contribution in [3.63, 3.8) is 0 Å². The minimum absolute atomic E-state index is 0.440. The zero-order valence-corrected chi connectivity index (χ0v) is 10.1. The maximum absolute atomic E-state index is 9.13. The van der Waals surface area contributed by atoms with Crippen molar-refractivity contribution in [2.24, 2.45) is 0 Å². The molecule has 1 aromatic carbocycles. The zero-order chi connectivity index (χ0) is 12.3. The van der Waals surface area contributed by atoms with Crippen LogP contribution in [0.1, 0.15) is 25.0 Å². The summed E-state index contributed by atoms with van der Waals surface area (Å²) in [5.41, 5.74) is 1.80. The monoisotopic (exact) mass is 225 g/mol. The van der Waals surface area contributed by atoms with E-state index in [0.717, 1.165) is 12.1 Å². The van der Waals surface area contributed by atoms with Crippen LogP contribution >= 0.6 is 0 Å². The summed E-state index contributed by atoms with van der Waals surface area (Å²) in [4.78, 5) is 4.02. The van der Waals surface area contributed by atoms with Crippen LogP contribution in [-0.4, -0.2) is 9.55 Å². The van der Waals surface area contributed by atoms with Crippen LogP contribution in [-0.2, 0) is 12.0 Å². The van der Waals surface area contributed by atoms with Crippen LogP contribution < -0.4 is 0 Å². The van der Waals surface area contributed by atoms with Gasteiger partial charge in [-0.2, -0.15) is 5.26 Å². The molecule has 0 saturated carbocycles. The molecule has 0 atom stereocenters. The van der Waals surface area contributed by atoms with E-state index < -0.39 is 5.41 Å². The van der Waals surface area contributed by atoms with E-state index in [0.29, 0.717) is 0 Å². The zero-order valence-electron chi connectivity index (χ0n) is 10.1. The molecule has 0 fully saturated rings. The third-order valence-electron chi connectivity index (χ3n) is 2.85. The van der Waals surface area contributed by atoms with Gasteiger partial charge in [-0.15, -0.1) is 0 Å². The molecule has 3 heteroatoms. The molecule has 1 aromatic heterocycles. The molecule has 0 saturated heterocycles. The highest BCUT2D eigenvalue weighted by atomic mass is 15.0. The van der Waals surface area contributed by atoms with Gasteiger partial charge in [-0.25, -0.2) is 4.98 Å².